The molecule has 0 aliphatic carbocycles. The zero-order valence-electron chi connectivity index (χ0n) is 18.4. The third-order valence-corrected chi connectivity index (χ3v) is 10.2. The molecule has 1 fully saturated rings. The number of piperidine rings is 1. The van der Waals surface area contributed by atoms with Gasteiger partial charge >= 0.3 is 0 Å². The van der Waals surface area contributed by atoms with Crippen LogP contribution in [0.1, 0.15) is 36.5 Å². The molecule has 0 bridgehead atoms. The monoisotopic (exact) mass is 444 g/mol. The molecule has 164 valence electrons. The van der Waals surface area contributed by atoms with Crippen LogP contribution in [0.4, 0.5) is 0 Å². The fourth-order valence-corrected chi connectivity index (χ4v) is 8.33. The van der Waals surface area contributed by atoms with Gasteiger partial charge in [0.15, 0.2) is 9.84 Å². The van der Waals surface area contributed by atoms with Crippen LogP contribution in [0.3, 0.4) is 0 Å². The zero-order chi connectivity index (χ0) is 21.9. The number of benzene rings is 3. The lowest BCUT2D eigenvalue weighted by Gasteiger charge is -2.39. The van der Waals surface area contributed by atoms with Gasteiger partial charge in [-0.05, 0) is 54.7 Å². The number of hydrogen-bond acceptors (Lipinski definition) is 3. The van der Waals surface area contributed by atoms with Crippen LogP contribution in [0.15, 0.2) is 66.7 Å². The van der Waals surface area contributed by atoms with Crippen molar-refractivity contribution >= 4 is 31.6 Å². The molecule has 0 radical (unpaired) electrons. The zero-order valence-corrected chi connectivity index (χ0v) is 19.2. The Hall–Kier alpha value is -2.63. The first-order valence-corrected chi connectivity index (χ1v) is 13.2. The summed E-state index contributed by atoms with van der Waals surface area (Å²) in [5, 5.41) is 2.61. The van der Waals surface area contributed by atoms with Crippen LogP contribution < -0.4 is 0 Å². The molecule has 0 atom stereocenters. The van der Waals surface area contributed by atoms with E-state index in [0.717, 1.165) is 37.3 Å². The first-order chi connectivity index (χ1) is 15.5. The fourth-order valence-electron chi connectivity index (χ4n) is 6.05. The van der Waals surface area contributed by atoms with Crippen LogP contribution in [0.2, 0.25) is 0 Å². The Morgan fingerprint density at radius 1 is 0.875 bits per heavy atom. The molecule has 0 unspecified atom stereocenters. The lowest BCUT2D eigenvalue weighted by Crippen LogP contribution is -2.44. The van der Waals surface area contributed by atoms with Gasteiger partial charge in [-0.1, -0.05) is 48.5 Å². The van der Waals surface area contributed by atoms with Crippen molar-refractivity contribution in [3.8, 4) is 0 Å². The van der Waals surface area contributed by atoms with Crippen LogP contribution in [0, 0.1) is 0 Å². The van der Waals surface area contributed by atoms with Gasteiger partial charge in [0.25, 0.3) is 0 Å². The second-order valence-electron chi connectivity index (χ2n) is 9.30. The quantitative estimate of drug-likeness (QED) is 0.434. The maximum atomic E-state index is 13.1. The first-order valence-electron chi connectivity index (χ1n) is 11.6. The molecule has 4 aromatic rings. The summed E-state index contributed by atoms with van der Waals surface area (Å²) < 4.78 is 28.0. The highest BCUT2D eigenvalue weighted by Gasteiger charge is 2.52. The standard InChI is InChI=1S/C27H28N2O2S/c1-2-29-25-10-6-4-8-22(25)23-17-20(11-12-26(23)29)18-28-15-13-27(14-16-28)24-9-5-3-7-21(24)19-32(27,30)31/h3-12,17H,2,13-16,18-19H2,1H3. The number of hydrogen-bond donors (Lipinski definition) is 0. The molecule has 1 aromatic heterocycles. The Balaban J connectivity index is 1.28. The van der Waals surface area contributed by atoms with Crippen molar-refractivity contribution in [2.45, 2.75) is 43.4 Å². The highest BCUT2D eigenvalue weighted by molar-refractivity contribution is 7.92. The number of fused-ring (bicyclic) bond motifs is 5. The van der Waals surface area contributed by atoms with Crippen molar-refractivity contribution in [1.82, 2.24) is 9.47 Å². The van der Waals surface area contributed by atoms with E-state index in [1.54, 1.807) is 0 Å². The predicted molar refractivity (Wildman–Crippen MR) is 130 cm³/mol. The van der Waals surface area contributed by atoms with Crippen molar-refractivity contribution in [3.05, 3.63) is 83.4 Å². The number of sulfone groups is 1. The molecule has 32 heavy (non-hydrogen) atoms. The molecule has 2 aliphatic heterocycles. The van der Waals surface area contributed by atoms with Crippen LogP contribution >= 0.6 is 0 Å². The number of aromatic nitrogens is 1. The maximum Gasteiger partial charge on any atom is 0.164 e. The van der Waals surface area contributed by atoms with Gasteiger partial charge in [0.2, 0.25) is 0 Å². The summed E-state index contributed by atoms with van der Waals surface area (Å²) in [5.74, 6) is 0.196. The number of para-hydroxylation sites is 1. The molecule has 5 heteroatoms. The first kappa shape index (κ1) is 20.0. The fraction of sp³-hybridized carbons (Fsp3) is 0.333. The molecule has 1 spiro atoms. The molecule has 0 N–H and O–H groups in total. The van der Waals surface area contributed by atoms with E-state index in [4.69, 9.17) is 0 Å². The van der Waals surface area contributed by atoms with Gasteiger partial charge in [-0.2, -0.15) is 0 Å². The van der Waals surface area contributed by atoms with E-state index in [0.29, 0.717) is 12.8 Å². The van der Waals surface area contributed by atoms with Crippen molar-refractivity contribution < 1.29 is 8.42 Å². The molecule has 3 heterocycles. The van der Waals surface area contributed by atoms with Crippen LogP contribution in [0.25, 0.3) is 21.8 Å². The molecule has 0 amide bonds. The molecule has 0 saturated carbocycles. The SMILES string of the molecule is CCn1c2ccccc2c2cc(CN3CCC4(CC3)c3ccccc3CS4(=O)=O)ccc21. The maximum absolute atomic E-state index is 13.1. The summed E-state index contributed by atoms with van der Waals surface area (Å²) in [5.41, 5.74) is 5.91. The van der Waals surface area contributed by atoms with Gasteiger partial charge in [0.05, 0.1) is 5.75 Å². The Morgan fingerprint density at radius 3 is 2.41 bits per heavy atom. The summed E-state index contributed by atoms with van der Waals surface area (Å²) in [6, 6.07) is 23.4. The van der Waals surface area contributed by atoms with Gasteiger partial charge in [-0.15, -0.1) is 0 Å². The van der Waals surface area contributed by atoms with Crippen molar-refractivity contribution in [3.63, 3.8) is 0 Å². The summed E-state index contributed by atoms with van der Waals surface area (Å²) in [4.78, 5) is 2.42. The molecule has 3 aromatic carbocycles. The highest BCUT2D eigenvalue weighted by Crippen LogP contribution is 2.48. The van der Waals surface area contributed by atoms with Gasteiger partial charge in [-0.25, -0.2) is 8.42 Å². The topological polar surface area (TPSA) is 42.3 Å². The Bertz CT molecular complexity index is 1440. The Kier molecular flexibility index (Phi) is 4.50. The van der Waals surface area contributed by atoms with E-state index in [2.05, 4.69) is 58.9 Å². The van der Waals surface area contributed by atoms with E-state index in [1.807, 2.05) is 24.3 Å². The molecule has 2 aliphatic rings. The summed E-state index contributed by atoms with van der Waals surface area (Å²) in [7, 11) is -3.15. The predicted octanol–water partition coefficient (Wildman–Crippen LogP) is 5.23. The minimum Gasteiger partial charge on any atom is -0.341 e. The third-order valence-electron chi connectivity index (χ3n) is 7.67. The van der Waals surface area contributed by atoms with Gasteiger partial charge in [0.1, 0.15) is 4.75 Å². The largest absolute Gasteiger partial charge is 0.341 e. The minimum absolute atomic E-state index is 0.196. The molecule has 4 nitrogen and oxygen atoms in total. The molecular formula is C27H28N2O2S. The lowest BCUT2D eigenvalue weighted by atomic mass is 9.86. The smallest absolute Gasteiger partial charge is 0.164 e. The van der Waals surface area contributed by atoms with E-state index in [-0.39, 0.29) is 5.75 Å². The average molecular weight is 445 g/mol. The molecule has 6 rings (SSSR count). The minimum atomic E-state index is -3.15. The van der Waals surface area contributed by atoms with Crippen molar-refractivity contribution in [1.29, 1.82) is 0 Å². The second-order valence-corrected chi connectivity index (χ2v) is 11.6. The van der Waals surface area contributed by atoms with Crippen LogP contribution in [-0.2, 0) is 33.4 Å². The summed E-state index contributed by atoms with van der Waals surface area (Å²) in [6.45, 7) is 5.62. The summed E-state index contributed by atoms with van der Waals surface area (Å²) in [6.07, 6.45) is 1.37. The van der Waals surface area contributed by atoms with E-state index >= 15 is 0 Å². The van der Waals surface area contributed by atoms with E-state index in [9.17, 15) is 8.42 Å². The lowest BCUT2D eigenvalue weighted by molar-refractivity contribution is 0.189. The van der Waals surface area contributed by atoms with Crippen molar-refractivity contribution in [2.75, 3.05) is 13.1 Å². The average Bonchev–Trinajstić information content (AvgIpc) is 3.23. The Morgan fingerprint density at radius 2 is 1.59 bits per heavy atom. The molecular weight excluding hydrogens is 416 g/mol. The Labute approximate surface area is 189 Å². The van der Waals surface area contributed by atoms with Gasteiger partial charge < -0.3 is 4.57 Å². The highest BCUT2D eigenvalue weighted by atomic mass is 32.2. The van der Waals surface area contributed by atoms with E-state index in [1.165, 1.54) is 27.4 Å². The normalized spacial score (nSPS) is 19.7. The number of rotatable bonds is 3. The molecule has 1 saturated heterocycles. The third kappa shape index (κ3) is 2.81. The summed E-state index contributed by atoms with van der Waals surface area (Å²) >= 11 is 0. The van der Waals surface area contributed by atoms with Crippen molar-refractivity contribution in [2.24, 2.45) is 0 Å². The van der Waals surface area contributed by atoms with Gasteiger partial charge in [-0.3, -0.25) is 4.90 Å². The number of nitrogens with zero attached hydrogens (tertiary/aromatic N) is 2. The number of likely N-dealkylation sites (tertiary alicyclic amines) is 1. The van der Waals surface area contributed by atoms with Crippen LogP contribution in [-0.4, -0.2) is 31.0 Å². The van der Waals surface area contributed by atoms with Crippen LogP contribution in [0.5, 0.6) is 0 Å². The van der Waals surface area contributed by atoms with Gasteiger partial charge in [0, 0.05) is 48.0 Å². The van der Waals surface area contributed by atoms with E-state index < -0.39 is 14.6 Å². The number of aryl methyl sites for hydroxylation is 1. The second kappa shape index (κ2) is 7.19.